The maximum atomic E-state index is 14.7. The number of rotatable bonds is 11. The van der Waals surface area contributed by atoms with Gasteiger partial charge in [0, 0.05) is 32.5 Å². The average Bonchev–Trinajstić information content (AvgIpc) is 3.23. The number of hydrogen-bond donors (Lipinski definition) is 6. The Balaban J connectivity index is 1.69. The molecule has 2 aromatic carbocycles. The standard InChI is InChI=1S/C48H70N8O12S/c1-28-14-16-32(17-15-28)24-36-42(61)54-48(18-21-56(22-19-48)45(63)68-47(8,9)10)43(62)53-35(41(60)51-27-34(57)25-33(40(59)52-36)26-38(58)67-46(5,6)7)13-12-20-50-44(49)55-69(64,65)39-29(2)23-37(66-11)30(3)31(39)4/h14-17,23,33,35-36H,12-13,18-22,24-27H2,1-11H3,(H,51,60)(H,52,59)(H,53,62)(H,54,61)(H3,49,50,55)/t33-,35-,36+/m0/s1. The van der Waals surface area contributed by atoms with Crippen molar-refractivity contribution in [3.8, 4) is 5.75 Å². The number of piperidine rings is 1. The van der Waals surface area contributed by atoms with Gasteiger partial charge in [0.2, 0.25) is 29.6 Å². The number of ether oxygens (including phenoxy) is 3. The number of nitrogens with one attached hydrogen (secondary N) is 5. The number of Topliss-reactive ketones (excluding diaryl/α,β-unsaturated/α-hetero) is 1. The van der Waals surface area contributed by atoms with Gasteiger partial charge in [0.05, 0.1) is 30.9 Å². The first-order valence-electron chi connectivity index (χ1n) is 23.0. The fourth-order valence-electron chi connectivity index (χ4n) is 8.01. The molecule has 0 unspecified atom stereocenters. The van der Waals surface area contributed by atoms with E-state index in [2.05, 4.69) is 31.0 Å². The Kier molecular flexibility index (Phi) is 18.4. The molecule has 2 aromatic rings. The van der Waals surface area contributed by atoms with Crippen molar-refractivity contribution in [1.29, 1.82) is 0 Å². The normalized spacial score (nSPS) is 20.1. The van der Waals surface area contributed by atoms with E-state index in [-0.39, 0.29) is 56.6 Å². The number of aryl methyl sites for hydroxylation is 2. The van der Waals surface area contributed by atoms with Crippen molar-refractivity contribution in [1.82, 2.24) is 30.9 Å². The minimum Gasteiger partial charge on any atom is -0.496 e. The number of likely N-dealkylation sites (tertiary alicyclic amines) is 1. The van der Waals surface area contributed by atoms with Crippen LogP contribution in [0.5, 0.6) is 5.75 Å². The van der Waals surface area contributed by atoms with Crippen molar-refractivity contribution in [2.24, 2.45) is 16.6 Å². The average molecular weight is 983 g/mol. The molecule has 7 N–H and O–H groups in total. The topological polar surface area (TPSA) is 283 Å². The summed E-state index contributed by atoms with van der Waals surface area (Å²) in [5, 5.41) is 10.9. The van der Waals surface area contributed by atoms with Gasteiger partial charge in [0.25, 0.3) is 10.0 Å². The zero-order valence-electron chi connectivity index (χ0n) is 41.7. The van der Waals surface area contributed by atoms with Crippen LogP contribution in [0, 0.1) is 33.6 Å². The van der Waals surface area contributed by atoms with Crippen LogP contribution < -0.4 is 36.5 Å². The van der Waals surface area contributed by atoms with Crippen LogP contribution in [-0.4, -0.2) is 123 Å². The largest absolute Gasteiger partial charge is 0.496 e. The third-order valence-electron chi connectivity index (χ3n) is 11.7. The molecule has 380 valence electrons. The molecule has 0 aromatic heterocycles. The lowest BCUT2D eigenvalue weighted by atomic mass is 9.85. The van der Waals surface area contributed by atoms with Gasteiger partial charge in [-0.2, -0.15) is 0 Å². The van der Waals surface area contributed by atoms with Crippen molar-refractivity contribution < 1.29 is 56.2 Å². The number of methoxy groups -OCH3 is 1. The second-order valence-corrected chi connectivity index (χ2v) is 21.4. The minimum atomic E-state index is -4.20. The molecular formula is C48H70N8O12S. The van der Waals surface area contributed by atoms with Gasteiger partial charge >= 0.3 is 12.1 Å². The van der Waals surface area contributed by atoms with E-state index in [1.807, 2.05) is 19.1 Å². The van der Waals surface area contributed by atoms with Gasteiger partial charge in [0.15, 0.2) is 5.78 Å². The zero-order valence-corrected chi connectivity index (χ0v) is 42.5. The molecule has 2 fully saturated rings. The van der Waals surface area contributed by atoms with E-state index >= 15 is 0 Å². The maximum Gasteiger partial charge on any atom is 0.410 e. The van der Waals surface area contributed by atoms with Crippen molar-refractivity contribution in [3.63, 3.8) is 0 Å². The lowest BCUT2D eigenvalue weighted by molar-refractivity contribution is -0.157. The number of carbonyl (C=O) groups is 7. The number of nitrogens with two attached hydrogens (primary N) is 1. The van der Waals surface area contributed by atoms with Crippen LogP contribution in [0.15, 0.2) is 40.2 Å². The zero-order chi connectivity index (χ0) is 51.6. The highest BCUT2D eigenvalue weighted by Gasteiger charge is 2.47. The third kappa shape index (κ3) is 15.9. The molecule has 3 atom stereocenters. The van der Waals surface area contributed by atoms with Gasteiger partial charge in [-0.25, -0.2) is 17.9 Å². The van der Waals surface area contributed by atoms with Crippen LogP contribution in [0.4, 0.5) is 4.79 Å². The Labute approximate surface area is 405 Å². The predicted molar refractivity (Wildman–Crippen MR) is 256 cm³/mol. The molecular weight excluding hydrogens is 913 g/mol. The second-order valence-electron chi connectivity index (χ2n) is 19.8. The number of sulfonamides is 1. The Bertz CT molecular complexity index is 2400. The van der Waals surface area contributed by atoms with E-state index in [9.17, 15) is 42.0 Å². The molecule has 0 aliphatic carbocycles. The van der Waals surface area contributed by atoms with E-state index in [0.717, 1.165) is 5.56 Å². The van der Waals surface area contributed by atoms with Crippen molar-refractivity contribution >= 4 is 57.5 Å². The highest BCUT2D eigenvalue weighted by molar-refractivity contribution is 7.90. The van der Waals surface area contributed by atoms with Crippen LogP contribution in [0.25, 0.3) is 0 Å². The fraction of sp³-hybridized carbons (Fsp3) is 0.583. The first-order chi connectivity index (χ1) is 32.0. The number of guanidine groups is 1. The van der Waals surface area contributed by atoms with Gasteiger partial charge in [-0.3, -0.25) is 33.8 Å². The summed E-state index contributed by atoms with van der Waals surface area (Å²) in [6.07, 6.45) is -2.00. The molecule has 2 aliphatic rings. The Hall–Kier alpha value is -6.25. The monoisotopic (exact) mass is 982 g/mol. The molecule has 1 spiro atoms. The quantitative estimate of drug-likeness (QED) is 0.0819. The highest BCUT2D eigenvalue weighted by Crippen LogP contribution is 2.31. The summed E-state index contributed by atoms with van der Waals surface area (Å²) in [6.45, 7) is 16.2. The van der Waals surface area contributed by atoms with Gasteiger partial charge in [-0.15, -0.1) is 0 Å². The molecule has 4 rings (SSSR count). The molecule has 5 amide bonds. The molecule has 69 heavy (non-hydrogen) atoms. The number of ketones is 1. The first-order valence-corrected chi connectivity index (χ1v) is 24.5. The fourth-order valence-corrected chi connectivity index (χ4v) is 9.49. The van der Waals surface area contributed by atoms with E-state index in [1.54, 1.807) is 80.5 Å². The smallest absolute Gasteiger partial charge is 0.410 e. The Morgan fingerprint density at radius 3 is 2.09 bits per heavy atom. The van der Waals surface area contributed by atoms with Gasteiger partial charge in [-0.05, 0) is 123 Å². The molecule has 0 bridgehead atoms. The van der Waals surface area contributed by atoms with Gasteiger partial charge in [-0.1, -0.05) is 29.8 Å². The molecule has 21 heteroatoms. The summed E-state index contributed by atoms with van der Waals surface area (Å²) in [5.74, 6) is -5.74. The predicted octanol–water partition coefficient (Wildman–Crippen LogP) is 2.84. The summed E-state index contributed by atoms with van der Waals surface area (Å²) in [5.41, 5.74) is 5.70. The van der Waals surface area contributed by atoms with E-state index < -0.39 is 112 Å². The molecule has 2 saturated heterocycles. The number of hydrogen-bond acceptors (Lipinski definition) is 13. The van der Waals surface area contributed by atoms with Crippen LogP contribution >= 0.6 is 0 Å². The Morgan fingerprint density at radius 1 is 0.870 bits per heavy atom. The summed E-state index contributed by atoms with van der Waals surface area (Å²) >= 11 is 0. The highest BCUT2D eigenvalue weighted by atomic mass is 32.2. The lowest BCUT2D eigenvalue weighted by Crippen LogP contribution is -2.67. The molecule has 0 saturated carbocycles. The first kappa shape index (κ1) is 55.3. The molecule has 2 heterocycles. The SMILES string of the molecule is COc1cc(C)c(S(=O)(=O)NC(N)=NCCC[C@@H]2NC(=O)C3(CCN(C(=O)OC(C)(C)C)CC3)NC(=O)[C@@H](Cc3ccc(C)cc3)NC(=O)[C@H](CC(=O)OC(C)(C)C)CC(=O)CNC2=O)c(C)c1C. The van der Waals surface area contributed by atoms with Crippen molar-refractivity contribution in [2.75, 3.05) is 33.3 Å². The maximum absolute atomic E-state index is 14.7. The summed E-state index contributed by atoms with van der Waals surface area (Å²) in [4.78, 5) is 103. The number of amides is 5. The number of carbonyl (C=O) groups excluding carboxylic acids is 7. The van der Waals surface area contributed by atoms with Crippen LogP contribution in [-0.2, 0) is 54.7 Å². The summed E-state index contributed by atoms with van der Waals surface area (Å²) < 4.78 is 45.7. The minimum absolute atomic E-state index is 0.0130. The Morgan fingerprint density at radius 2 is 1.49 bits per heavy atom. The molecule has 2 aliphatic heterocycles. The summed E-state index contributed by atoms with van der Waals surface area (Å²) in [6, 6.07) is 6.17. The lowest BCUT2D eigenvalue weighted by Gasteiger charge is -2.42. The van der Waals surface area contributed by atoms with Crippen molar-refractivity contribution in [2.45, 2.75) is 148 Å². The number of esters is 1. The molecule has 0 radical (unpaired) electrons. The van der Waals surface area contributed by atoms with E-state index in [0.29, 0.717) is 28.0 Å². The van der Waals surface area contributed by atoms with Gasteiger partial charge in [0.1, 0.15) is 34.6 Å². The number of nitrogens with zero attached hydrogens (tertiary/aromatic N) is 2. The summed E-state index contributed by atoms with van der Waals surface area (Å²) in [7, 11) is -2.71. The number of aliphatic imine (C=N–C) groups is 1. The van der Waals surface area contributed by atoms with Gasteiger partial charge < -0.3 is 46.1 Å². The van der Waals surface area contributed by atoms with Crippen LogP contribution in [0.2, 0.25) is 0 Å². The number of benzene rings is 2. The van der Waals surface area contributed by atoms with E-state index in [4.69, 9.17) is 19.9 Å². The van der Waals surface area contributed by atoms with Crippen LogP contribution in [0.1, 0.15) is 108 Å². The van der Waals surface area contributed by atoms with Crippen molar-refractivity contribution in [3.05, 3.63) is 58.1 Å². The van der Waals surface area contributed by atoms with E-state index in [1.165, 1.54) is 12.0 Å². The second kappa shape index (κ2) is 22.9. The third-order valence-corrected chi connectivity index (χ3v) is 13.3. The van der Waals surface area contributed by atoms with Crippen LogP contribution in [0.3, 0.4) is 0 Å². The molecule has 20 nitrogen and oxygen atoms in total.